The number of rotatable bonds is 3. The van der Waals surface area contributed by atoms with Crippen molar-refractivity contribution in [2.24, 2.45) is 0 Å². The average Bonchev–Trinajstić information content (AvgIpc) is 2.50. The van der Waals surface area contributed by atoms with Crippen LogP contribution < -0.4 is 11.1 Å². The van der Waals surface area contributed by atoms with Crippen molar-refractivity contribution in [2.45, 2.75) is 19.3 Å². The van der Waals surface area contributed by atoms with E-state index in [-0.39, 0.29) is 18.1 Å². The number of hydrogen-bond acceptors (Lipinski definition) is 3. The molecule has 0 spiro atoms. The van der Waals surface area contributed by atoms with Crippen LogP contribution in [0.4, 0.5) is 14.5 Å². The summed E-state index contributed by atoms with van der Waals surface area (Å²) in [5.74, 6) is -3.36. The van der Waals surface area contributed by atoms with Crippen molar-refractivity contribution in [1.29, 1.82) is 0 Å². The minimum absolute atomic E-state index is 0.257. The number of likely N-dealkylation sites (tertiary alicyclic amines) is 1. The molecule has 114 valence electrons. The summed E-state index contributed by atoms with van der Waals surface area (Å²) in [4.78, 5) is 25.3. The Bertz CT molecular complexity index is 557. The maximum absolute atomic E-state index is 13.7. The number of piperidine rings is 1. The molecule has 1 aliphatic heterocycles. The number of halogens is 2. The lowest BCUT2D eigenvalue weighted by atomic mass is 10.1. The number of carbonyl (C=O) groups is 2. The Morgan fingerprint density at radius 3 is 2.52 bits per heavy atom. The molecule has 0 atom stereocenters. The third-order valence-electron chi connectivity index (χ3n) is 3.46. The Kier molecular flexibility index (Phi) is 4.72. The van der Waals surface area contributed by atoms with Gasteiger partial charge in [-0.2, -0.15) is 0 Å². The summed E-state index contributed by atoms with van der Waals surface area (Å²) in [6.45, 7) is 1.01. The molecule has 0 saturated carbocycles. The van der Waals surface area contributed by atoms with E-state index in [0.717, 1.165) is 31.4 Å². The molecule has 1 aromatic rings. The highest BCUT2D eigenvalue weighted by Crippen LogP contribution is 2.18. The summed E-state index contributed by atoms with van der Waals surface area (Å²) in [6, 6.07) is 1.96. The summed E-state index contributed by atoms with van der Waals surface area (Å²) in [6.07, 6.45) is 2.94. The zero-order valence-corrected chi connectivity index (χ0v) is 11.5. The van der Waals surface area contributed by atoms with E-state index in [1.165, 1.54) is 0 Å². The van der Waals surface area contributed by atoms with Crippen LogP contribution in [-0.4, -0.2) is 36.3 Å². The smallest absolute Gasteiger partial charge is 0.257 e. The highest BCUT2D eigenvalue weighted by atomic mass is 19.1. The van der Waals surface area contributed by atoms with Gasteiger partial charge in [0.1, 0.15) is 11.4 Å². The van der Waals surface area contributed by atoms with E-state index in [1.54, 1.807) is 4.90 Å². The number of benzene rings is 1. The number of anilines is 1. The number of carbonyl (C=O) groups excluding carboxylic acids is 2. The van der Waals surface area contributed by atoms with Gasteiger partial charge in [0.05, 0.1) is 12.2 Å². The lowest BCUT2D eigenvalue weighted by molar-refractivity contribution is -0.130. The second kappa shape index (κ2) is 6.51. The molecule has 3 N–H and O–H groups in total. The zero-order chi connectivity index (χ0) is 15.4. The van der Waals surface area contributed by atoms with Crippen LogP contribution in [0.5, 0.6) is 0 Å². The number of amides is 2. The molecular formula is C14H17F2N3O2. The molecule has 1 aliphatic rings. The summed E-state index contributed by atoms with van der Waals surface area (Å²) >= 11 is 0. The molecule has 21 heavy (non-hydrogen) atoms. The lowest BCUT2D eigenvalue weighted by Crippen LogP contribution is -2.42. The molecule has 0 radical (unpaired) electrons. The van der Waals surface area contributed by atoms with Gasteiger partial charge in [0.2, 0.25) is 5.91 Å². The van der Waals surface area contributed by atoms with E-state index in [9.17, 15) is 18.4 Å². The SMILES string of the molecule is Nc1ccc(F)c(C(=O)NCC(=O)N2CCCCC2)c1F. The summed E-state index contributed by atoms with van der Waals surface area (Å²) < 4.78 is 27.2. The van der Waals surface area contributed by atoms with Crippen molar-refractivity contribution in [3.8, 4) is 0 Å². The summed E-state index contributed by atoms with van der Waals surface area (Å²) in [5.41, 5.74) is 4.22. The molecule has 0 unspecified atom stereocenters. The number of nitrogens with zero attached hydrogens (tertiary/aromatic N) is 1. The molecule has 1 aromatic carbocycles. The molecule has 1 fully saturated rings. The van der Waals surface area contributed by atoms with E-state index in [1.807, 2.05) is 0 Å². The average molecular weight is 297 g/mol. The first-order valence-corrected chi connectivity index (χ1v) is 6.80. The van der Waals surface area contributed by atoms with Crippen LogP contribution in [0.25, 0.3) is 0 Å². The van der Waals surface area contributed by atoms with Gasteiger partial charge in [0.25, 0.3) is 5.91 Å². The topological polar surface area (TPSA) is 75.4 Å². The standard InChI is InChI=1S/C14H17F2N3O2/c15-9-4-5-10(17)13(16)12(9)14(21)18-8-11(20)19-6-2-1-3-7-19/h4-5H,1-3,6-8,17H2,(H,18,21). The first-order valence-electron chi connectivity index (χ1n) is 6.80. The van der Waals surface area contributed by atoms with Crippen LogP contribution in [0, 0.1) is 11.6 Å². The molecule has 7 heteroatoms. The molecule has 0 bridgehead atoms. The third kappa shape index (κ3) is 3.48. The minimum Gasteiger partial charge on any atom is -0.396 e. The highest BCUT2D eigenvalue weighted by Gasteiger charge is 2.22. The van der Waals surface area contributed by atoms with Crippen LogP contribution in [0.3, 0.4) is 0 Å². The van der Waals surface area contributed by atoms with E-state index in [4.69, 9.17) is 5.73 Å². The van der Waals surface area contributed by atoms with Crippen molar-refractivity contribution in [2.75, 3.05) is 25.4 Å². The van der Waals surface area contributed by atoms with Crippen molar-refractivity contribution < 1.29 is 18.4 Å². The van der Waals surface area contributed by atoms with Gasteiger partial charge >= 0.3 is 0 Å². The lowest BCUT2D eigenvalue weighted by Gasteiger charge is -2.26. The van der Waals surface area contributed by atoms with Crippen LogP contribution in [-0.2, 0) is 4.79 Å². The Hall–Kier alpha value is -2.18. The van der Waals surface area contributed by atoms with Crippen LogP contribution in [0.15, 0.2) is 12.1 Å². The monoisotopic (exact) mass is 297 g/mol. The zero-order valence-electron chi connectivity index (χ0n) is 11.5. The Morgan fingerprint density at radius 1 is 1.19 bits per heavy atom. The van der Waals surface area contributed by atoms with Gasteiger partial charge < -0.3 is 16.0 Å². The highest BCUT2D eigenvalue weighted by molar-refractivity contribution is 5.97. The molecule has 1 saturated heterocycles. The fourth-order valence-electron chi connectivity index (χ4n) is 2.28. The third-order valence-corrected chi connectivity index (χ3v) is 3.46. The second-order valence-electron chi connectivity index (χ2n) is 4.95. The fraction of sp³-hybridized carbons (Fsp3) is 0.429. The van der Waals surface area contributed by atoms with Crippen molar-refractivity contribution >= 4 is 17.5 Å². The first kappa shape index (κ1) is 15.2. The fourth-order valence-corrected chi connectivity index (χ4v) is 2.28. The predicted molar refractivity (Wildman–Crippen MR) is 73.5 cm³/mol. The normalized spacial score (nSPS) is 14.9. The Labute approximate surface area is 121 Å². The maximum Gasteiger partial charge on any atom is 0.257 e. The summed E-state index contributed by atoms with van der Waals surface area (Å²) in [5, 5.41) is 2.24. The van der Waals surface area contributed by atoms with Gasteiger partial charge in [-0.25, -0.2) is 8.78 Å². The minimum atomic E-state index is -1.11. The molecule has 2 amide bonds. The number of nitrogens with two attached hydrogens (primary N) is 1. The molecule has 5 nitrogen and oxygen atoms in total. The largest absolute Gasteiger partial charge is 0.396 e. The Balaban J connectivity index is 1.99. The molecule has 2 rings (SSSR count). The second-order valence-corrected chi connectivity index (χ2v) is 4.95. The van der Waals surface area contributed by atoms with Gasteiger partial charge in [0, 0.05) is 13.1 Å². The molecule has 0 aliphatic carbocycles. The van der Waals surface area contributed by atoms with Crippen LogP contribution in [0.2, 0.25) is 0 Å². The first-order chi connectivity index (χ1) is 10.0. The molecule has 0 aromatic heterocycles. The van der Waals surface area contributed by atoms with Crippen LogP contribution in [0.1, 0.15) is 29.6 Å². The Morgan fingerprint density at radius 2 is 1.86 bits per heavy atom. The van der Waals surface area contributed by atoms with Crippen molar-refractivity contribution in [3.63, 3.8) is 0 Å². The van der Waals surface area contributed by atoms with Gasteiger partial charge in [-0.3, -0.25) is 9.59 Å². The van der Waals surface area contributed by atoms with Crippen LogP contribution >= 0.6 is 0 Å². The van der Waals surface area contributed by atoms with E-state index < -0.39 is 23.1 Å². The van der Waals surface area contributed by atoms with Gasteiger partial charge in [-0.15, -0.1) is 0 Å². The number of nitrogen functional groups attached to an aromatic ring is 1. The number of hydrogen-bond donors (Lipinski definition) is 2. The van der Waals surface area contributed by atoms with Gasteiger partial charge in [0.15, 0.2) is 5.82 Å². The van der Waals surface area contributed by atoms with Gasteiger partial charge in [-0.05, 0) is 31.4 Å². The van der Waals surface area contributed by atoms with E-state index >= 15 is 0 Å². The summed E-state index contributed by atoms with van der Waals surface area (Å²) in [7, 11) is 0. The van der Waals surface area contributed by atoms with Gasteiger partial charge in [-0.1, -0.05) is 0 Å². The van der Waals surface area contributed by atoms with Crippen molar-refractivity contribution in [1.82, 2.24) is 10.2 Å². The molecule has 1 heterocycles. The number of nitrogens with one attached hydrogen (secondary N) is 1. The predicted octanol–water partition coefficient (Wildman–Crippen LogP) is 1.29. The quantitative estimate of drug-likeness (QED) is 0.826. The van der Waals surface area contributed by atoms with E-state index in [0.29, 0.717) is 13.1 Å². The van der Waals surface area contributed by atoms with Crippen molar-refractivity contribution in [3.05, 3.63) is 29.3 Å². The molecular weight excluding hydrogens is 280 g/mol. The van der Waals surface area contributed by atoms with E-state index in [2.05, 4.69) is 5.32 Å². The maximum atomic E-state index is 13.7.